The zero-order chi connectivity index (χ0) is 17.8. The van der Waals surface area contributed by atoms with Crippen LogP contribution < -0.4 is 14.8 Å². The Morgan fingerprint density at radius 2 is 2.04 bits per heavy atom. The Labute approximate surface area is 156 Å². The number of nitrogens with one attached hydrogen (secondary N) is 1. The third kappa shape index (κ3) is 4.66. The van der Waals surface area contributed by atoms with Crippen molar-refractivity contribution in [1.82, 2.24) is 4.90 Å². The van der Waals surface area contributed by atoms with E-state index in [-0.39, 0.29) is 12.5 Å². The maximum absolute atomic E-state index is 12.3. The number of aryl methyl sites for hydroxylation is 1. The Kier molecular flexibility index (Phi) is 5.83. The lowest BCUT2D eigenvalue weighted by Crippen LogP contribution is -2.29. The molecular weight excluding hydrogens is 360 g/mol. The molecule has 5 nitrogen and oxygen atoms in total. The number of carbonyl (C=O) groups is 1. The van der Waals surface area contributed by atoms with Gasteiger partial charge in [0.25, 0.3) is 0 Å². The van der Waals surface area contributed by atoms with E-state index in [0.717, 1.165) is 13.0 Å². The van der Waals surface area contributed by atoms with Crippen molar-refractivity contribution in [3.05, 3.63) is 39.0 Å². The monoisotopic (exact) mass is 380 g/mol. The maximum Gasteiger partial charge on any atom is 0.238 e. The lowest BCUT2D eigenvalue weighted by Gasteiger charge is -2.17. The summed E-state index contributed by atoms with van der Waals surface area (Å²) in [6.45, 7) is 4.29. The van der Waals surface area contributed by atoms with E-state index in [1.165, 1.54) is 10.4 Å². The minimum atomic E-state index is -0.118. The molecule has 0 fully saturated rings. The first-order valence-electron chi connectivity index (χ1n) is 8.13. The number of halogens is 1. The molecule has 1 aromatic heterocycles. The van der Waals surface area contributed by atoms with Gasteiger partial charge in [-0.25, -0.2) is 0 Å². The van der Waals surface area contributed by atoms with Gasteiger partial charge in [0.15, 0.2) is 11.5 Å². The van der Waals surface area contributed by atoms with E-state index in [2.05, 4.69) is 23.7 Å². The molecule has 1 aliphatic heterocycles. The predicted octanol–water partition coefficient (Wildman–Crippen LogP) is 3.94. The number of rotatable bonds is 5. The summed E-state index contributed by atoms with van der Waals surface area (Å²) in [6, 6.07) is 5.51. The van der Waals surface area contributed by atoms with Gasteiger partial charge in [-0.3, -0.25) is 9.69 Å². The zero-order valence-corrected chi connectivity index (χ0v) is 15.9. The molecule has 1 amide bonds. The van der Waals surface area contributed by atoms with Crippen LogP contribution in [-0.2, 0) is 11.3 Å². The first-order valence-corrected chi connectivity index (χ1v) is 9.39. The zero-order valence-electron chi connectivity index (χ0n) is 14.3. The van der Waals surface area contributed by atoms with Crippen molar-refractivity contribution in [1.29, 1.82) is 0 Å². The van der Waals surface area contributed by atoms with Crippen LogP contribution in [0.15, 0.2) is 23.6 Å². The highest BCUT2D eigenvalue weighted by Crippen LogP contribution is 2.37. The molecule has 0 radical (unpaired) electrons. The highest BCUT2D eigenvalue weighted by molar-refractivity contribution is 7.10. The fourth-order valence-corrected chi connectivity index (χ4v) is 3.77. The number of carbonyl (C=O) groups excluding carboxylic acids is 1. The smallest absolute Gasteiger partial charge is 0.238 e. The van der Waals surface area contributed by atoms with Crippen molar-refractivity contribution < 1.29 is 14.3 Å². The third-order valence-corrected chi connectivity index (χ3v) is 5.23. The molecule has 25 heavy (non-hydrogen) atoms. The van der Waals surface area contributed by atoms with E-state index in [1.54, 1.807) is 23.5 Å². The predicted molar refractivity (Wildman–Crippen MR) is 101 cm³/mol. The second-order valence-corrected chi connectivity index (χ2v) is 7.48. The van der Waals surface area contributed by atoms with Crippen LogP contribution in [0, 0.1) is 6.92 Å². The molecule has 0 unspecified atom stereocenters. The van der Waals surface area contributed by atoms with E-state index in [4.69, 9.17) is 21.1 Å². The van der Waals surface area contributed by atoms with Crippen LogP contribution in [-0.4, -0.2) is 37.6 Å². The lowest BCUT2D eigenvalue weighted by molar-refractivity contribution is -0.117. The molecular formula is C18H21ClN2O3S. The summed E-state index contributed by atoms with van der Waals surface area (Å²) in [5.74, 6) is 1.11. The second kappa shape index (κ2) is 8.08. The van der Waals surface area contributed by atoms with Gasteiger partial charge in [-0.05, 0) is 31.0 Å². The second-order valence-electron chi connectivity index (χ2n) is 6.08. The Morgan fingerprint density at radius 1 is 1.32 bits per heavy atom. The fraction of sp³-hybridized carbons (Fsp3) is 0.389. The van der Waals surface area contributed by atoms with Gasteiger partial charge in [0.2, 0.25) is 5.91 Å². The molecule has 1 aromatic carbocycles. The molecule has 7 heteroatoms. The normalized spacial score (nSPS) is 13.6. The van der Waals surface area contributed by atoms with Gasteiger partial charge in [-0.1, -0.05) is 11.6 Å². The number of anilines is 1. The molecule has 2 heterocycles. The topological polar surface area (TPSA) is 50.8 Å². The molecule has 134 valence electrons. The minimum Gasteiger partial charge on any atom is -0.490 e. The molecule has 0 atom stereocenters. The number of fused-ring (bicyclic) bond motifs is 1. The van der Waals surface area contributed by atoms with Gasteiger partial charge < -0.3 is 14.8 Å². The average molecular weight is 381 g/mol. The molecule has 0 aliphatic carbocycles. The number of hydrogen-bond donors (Lipinski definition) is 1. The summed E-state index contributed by atoms with van der Waals surface area (Å²) in [7, 11) is 1.92. The van der Waals surface area contributed by atoms with Crippen molar-refractivity contribution in [2.24, 2.45) is 0 Å². The number of hydrogen-bond acceptors (Lipinski definition) is 5. The van der Waals surface area contributed by atoms with Crippen LogP contribution in [0.4, 0.5) is 5.69 Å². The molecule has 1 N–H and O–H groups in total. The van der Waals surface area contributed by atoms with E-state index < -0.39 is 0 Å². The fourth-order valence-electron chi connectivity index (χ4n) is 2.58. The number of benzene rings is 1. The van der Waals surface area contributed by atoms with Crippen LogP contribution in [0.5, 0.6) is 11.5 Å². The van der Waals surface area contributed by atoms with Crippen LogP contribution in [0.2, 0.25) is 5.02 Å². The van der Waals surface area contributed by atoms with Crippen molar-refractivity contribution in [2.75, 3.05) is 32.1 Å². The standard InChI is InChI=1S/C18H21ClN2O3S/c1-12-4-7-25-17(12)10-21(2)11-18(22)20-14-9-16-15(8-13(14)19)23-5-3-6-24-16/h4,7-9H,3,5-6,10-11H2,1-2H3,(H,20,22). The van der Waals surface area contributed by atoms with Gasteiger partial charge in [-0.2, -0.15) is 0 Å². The summed E-state index contributed by atoms with van der Waals surface area (Å²) in [5.41, 5.74) is 1.79. The lowest BCUT2D eigenvalue weighted by atomic mass is 10.2. The summed E-state index contributed by atoms with van der Waals surface area (Å²) >= 11 is 7.97. The van der Waals surface area contributed by atoms with Gasteiger partial charge in [-0.15, -0.1) is 11.3 Å². The molecule has 3 rings (SSSR count). The van der Waals surface area contributed by atoms with Crippen LogP contribution in [0.25, 0.3) is 0 Å². The molecule has 0 bridgehead atoms. The molecule has 0 spiro atoms. The summed E-state index contributed by atoms with van der Waals surface area (Å²) in [5, 5.41) is 5.37. The highest BCUT2D eigenvalue weighted by Gasteiger charge is 2.16. The Bertz CT molecular complexity index is 763. The summed E-state index contributed by atoms with van der Waals surface area (Å²) in [4.78, 5) is 15.6. The van der Waals surface area contributed by atoms with Crippen molar-refractivity contribution in [3.8, 4) is 11.5 Å². The van der Waals surface area contributed by atoms with Gasteiger partial charge in [0, 0.05) is 30.0 Å². The number of amides is 1. The van der Waals surface area contributed by atoms with Crippen molar-refractivity contribution in [3.63, 3.8) is 0 Å². The van der Waals surface area contributed by atoms with Gasteiger partial charge >= 0.3 is 0 Å². The number of ether oxygens (including phenoxy) is 2. The van der Waals surface area contributed by atoms with E-state index in [9.17, 15) is 4.79 Å². The first kappa shape index (κ1) is 18.0. The van der Waals surface area contributed by atoms with Crippen LogP contribution in [0.1, 0.15) is 16.9 Å². The summed E-state index contributed by atoms with van der Waals surface area (Å²) in [6.07, 6.45) is 0.820. The maximum atomic E-state index is 12.3. The molecule has 1 aliphatic rings. The van der Waals surface area contributed by atoms with Crippen LogP contribution >= 0.6 is 22.9 Å². The van der Waals surface area contributed by atoms with E-state index in [1.807, 2.05) is 11.9 Å². The van der Waals surface area contributed by atoms with Crippen molar-refractivity contribution in [2.45, 2.75) is 19.9 Å². The van der Waals surface area contributed by atoms with E-state index in [0.29, 0.717) is 35.4 Å². The molecule has 0 saturated carbocycles. The summed E-state index contributed by atoms with van der Waals surface area (Å²) < 4.78 is 11.2. The van der Waals surface area contributed by atoms with Gasteiger partial charge in [0.05, 0.1) is 30.5 Å². The minimum absolute atomic E-state index is 0.118. The van der Waals surface area contributed by atoms with Crippen LogP contribution in [0.3, 0.4) is 0 Å². The highest BCUT2D eigenvalue weighted by atomic mass is 35.5. The third-order valence-electron chi connectivity index (χ3n) is 3.91. The van der Waals surface area contributed by atoms with Gasteiger partial charge in [0.1, 0.15) is 0 Å². The number of likely N-dealkylation sites (N-methyl/N-ethyl adjacent to an activating group) is 1. The Balaban J connectivity index is 1.62. The van der Waals surface area contributed by atoms with E-state index >= 15 is 0 Å². The Morgan fingerprint density at radius 3 is 2.72 bits per heavy atom. The average Bonchev–Trinajstić information content (AvgIpc) is 2.81. The number of nitrogens with zero attached hydrogens (tertiary/aromatic N) is 1. The largest absolute Gasteiger partial charge is 0.490 e. The van der Waals surface area contributed by atoms with Crippen molar-refractivity contribution >= 4 is 34.5 Å². The Hall–Kier alpha value is -1.76. The first-order chi connectivity index (χ1) is 12.0. The quantitative estimate of drug-likeness (QED) is 0.853. The number of thiophene rings is 1. The molecule has 2 aromatic rings. The molecule has 0 saturated heterocycles. The SMILES string of the molecule is Cc1ccsc1CN(C)CC(=O)Nc1cc2c(cc1Cl)OCCCO2.